The molecule has 0 atom stereocenters. The zero-order valence-corrected chi connectivity index (χ0v) is 15.5. The number of nitrogens with zero attached hydrogens (tertiary/aromatic N) is 2. The van der Waals surface area contributed by atoms with E-state index in [2.05, 4.69) is 15.5 Å². The SMILES string of the molecule is O=C(CN1CCN(C(=O)CCC2CCNCC2)CC1)Nc1ccccc1. The van der Waals surface area contributed by atoms with Crippen molar-refractivity contribution in [2.45, 2.75) is 25.7 Å². The average molecular weight is 358 g/mol. The first-order chi connectivity index (χ1) is 12.7. The zero-order valence-electron chi connectivity index (χ0n) is 15.5. The second-order valence-corrected chi connectivity index (χ2v) is 7.30. The number of carbonyl (C=O) groups is 2. The monoisotopic (exact) mass is 358 g/mol. The lowest BCUT2D eigenvalue weighted by Gasteiger charge is -2.34. The molecule has 2 aliphatic heterocycles. The Hall–Kier alpha value is -1.92. The van der Waals surface area contributed by atoms with Gasteiger partial charge in [-0.2, -0.15) is 0 Å². The number of piperidine rings is 1. The Labute approximate surface area is 155 Å². The number of hydrogen-bond donors (Lipinski definition) is 2. The molecular formula is C20H30N4O2. The van der Waals surface area contributed by atoms with Gasteiger partial charge in [0.2, 0.25) is 11.8 Å². The largest absolute Gasteiger partial charge is 0.340 e. The van der Waals surface area contributed by atoms with Crippen molar-refractivity contribution < 1.29 is 9.59 Å². The van der Waals surface area contributed by atoms with Crippen molar-refractivity contribution in [3.05, 3.63) is 30.3 Å². The smallest absolute Gasteiger partial charge is 0.238 e. The molecule has 0 unspecified atom stereocenters. The fraction of sp³-hybridized carbons (Fsp3) is 0.600. The molecule has 0 bridgehead atoms. The summed E-state index contributed by atoms with van der Waals surface area (Å²) in [6, 6.07) is 9.51. The van der Waals surface area contributed by atoms with Crippen LogP contribution in [0, 0.1) is 5.92 Å². The molecule has 2 heterocycles. The van der Waals surface area contributed by atoms with Gasteiger partial charge >= 0.3 is 0 Å². The quantitative estimate of drug-likeness (QED) is 0.810. The van der Waals surface area contributed by atoms with Crippen molar-refractivity contribution in [2.75, 3.05) is 51.1 Å². The molecule has 1 aromatic rings. The molecule has 3 rings (SSSR count). The highest BCUT2D eigenvalue weighted by Crippen LogP contribution is 2.18. The van der Waals surface area contributed by atoms with Crippen LogP contribution in [0.2, 0.25) is 0 Å². The first kappa shape index (κ1) is 18.9. The van der Waals surface area contributed by atoms with E-state index >= 15 is 0 Å². The summed E-state index contributed by atoms with van der Waals surface area (Å²) in [5, 5.41) is 6.28. The molecule has 2 aliphatic rings. The zero-order chi connectivity index (χ0) is 18.2. The molecule has 6 nitrogen and oxygen atoms in total. The fourth-order valence-electron chi connectivity index (χ4n) is 3.74. The highest BCUT2D eigenvalue weighted by Gasteiger charge is 2.23. The van der Waals surface area contributed by atoms with Crippen LogP contribution in [0.4, 0.5) is 5.69 Å². The summed E-state index contributed by atoms with van der Waals surface area (Å²) < 4.78 is 0. The van der Waals surface area contributed by atoms with Gasteiger partial charge in [-0.25, -0.2) is 0 Å². The molecule has 0 aliphatic carbocycles. The molecule has 0 saturated carbocycles. The highest BCUT2D eigenvalue weighted by molar-refractivity contribution is 5.92. The summed E-state index contributed by atoms with van der Waals surface area (Å²) in [5.74, 6) is 0.974. The molecule has 2 fully saturated rings. The minimum atomic E-state index is 0.00174. The van der Waals surface area contributed by atoms with E-state index in [4.69, 9.17) is 0 Å². The molecule has 142 valence electrons. The molecule has 2 amide bonds. The van der Waals surface area contributed by atoms with E-state index < -0.39 is 0 Å². The minimum absolute atomic E-state index is 0.00174. The Morgan fingerprint density at radius 2 is 1.73 bits per heavy atom. The van der Waals surface area contributed by atoms with E-state index in [0.717, 1.165) is 51.4 Å². The highest BCUT2D eigenvalue weighted by atomic mass is 16.2. The number of piperazine rings is 1. The lowest BCUT2D eigenvalue weighted by Crippen LogP contribution is -2.50. The normalized spacial score (nSPS) is 19.3. The van der Waals surface area contributed by atoms with Gasteiger partial charge in [0.25, 0.3) is 0 Å². The van der Waals surface area contributed by atoms with Gasteiger partial charge in [0.1, 0.15) is 0 Å². The van der Waals surface area contributed by atoms with Crippen LogP contribution in [-0.2, 0) is 9.59 Å². The second-order valence-electron chi connectivity index (χ2n) is 7.30. The van der Waals surface area contributed by atoms with Gasteiger partial charge in [-0.3, -0.25) is 14.5 Å². The maximum atomic E-state index is 12.4. The number of hydrogen-bond acceptors (Lipinski definition) is 4. The van der Waals surface area contributed by atoms with Crippen molar-refractivity contribution in [1.82, 2.24) is 15.1 Å². The summed E-state index contributed by atoms with van der Waals surface area (Å²) in [5.41, 5.74) is 0.823. The van der Waals surface area contributed by atoms with Crippen molar-refractivity contribution in [3.63, 3.8) is 0 Å². The van der Waals surface area contributed by atoms with E-state index in [9.17, 15) is 9.59 Å². The minimum Gasteiger partial charge on any atom is -0.340 e. The molecule has 0 radical (unpaired) electrons. The first-order valence-corrected chi connectivity index (χ1v) is 9.76. The van der Waals surface area contributed by atoms with Crippen molar-refractivity contribution in [3.8, 4) is 0 Å². The lowest BCUT2D eigenvalue weighted by atomic mass is 9.93. The number of carbonyl (C=O) groups excluding carboxylic acids is 2. The number of benzene rings is 1. The maximum Gasteiger partial charge on any atom is 0.238 e. The van der Waals surface area contributed by atoms with Gasteiger partial charge in [0.15, 0.2) is 0 Å². The molecule has 0 spiro atoms. The summed E-state index contributed by atoms with van der Waals surface area (Å²) in [6.07, 6.45) is 4.06. The van der Waals surface area contributed by atoms with E-state index in [1.165, 1.54) is 12.8 Å². The maximum absolute atomic E-state index is 12.4. The summed E-state index contributed by atoms with van der Waals surface area (Å²) in [7, 11) is 0. The number of nitrogens with one attached hydrogen (secondary N) is 2. The van der Waals surface area contributed by atoms with E-state index in [-0.39, 0.29) is 11.8 Å². The third-order valence-corrected chi connectivity index (χ3v) is 5.37. The third kappa shape index (κ3) is 5.81. The molecule has 2 N–H and O–H groups in total. The van der Waals surface area contributed by atoms with Crippen LogP contribution in [-0.4, -0.2) is 67.4 Å². The standard InChI is InChI=1S/C20H30N4O2/c25-19(22-18-4-2-1-3-5-18)16-23-12-14-24(15-13-23)20(26)7-6-17-8-10-21-11-9-17/h1-5,17,21H,6-16H2,(H,22,25). The Kier molecular flexibility index (Phi) is 7.03. The molecule has 26 heavy (non-hydrogen) atoms. The number of rotatable bonds is 6. The molecule has 2 saturated heterocycles. The van der Waals surface area contributed by atoms with Crippen LogP contribution in [0.3, 0.4) is 0 Å². The van der Waals surface area contributed by atoms with Crippen LogP contribution in [0.1, 0.15) is 25.7 Å². The second kappa shape index (κ2) is 9.69. The number of para-hydroxylation sites is 1. The van der Waals surface area contributed by atoms with Gasteiger partial charge in [-0.05, 0) is 50.4 Å². The topological polar surface area (TPSA) is 64.7 Å². The molecule has 0 aromatic heterocycles. The molecule has 1 aromatic carbocycles. The Morgan fingerprint density at radius 3 is 2.42 bits per heavy atom. The van der Waals surface area contributed by atoms with Crippen molar-refractivity contribution in [2.24, 2.45) is 5.92 Å². The van der Waals surface area contributed by atoms with Gasteiger partial charge in [-0.15, -0.1) is 0 Å². The van der Waals surface area contributed by atoms with Gasteiger partial charge in [0, 0.05) is 38.3 Å². The Morgan fingerprint density at radius 1 is 1.04 bits per heavy atom. The molecule has 6 heteroatoms. The third-order valence-electron chi connectivity index (χ3n) is 5.37. The average Bonchev–Trinajstić information content (AvgIpc) is 2.68. The predicted molar refractivity (Wildman–Crippen MR) is 103 cm³/mol. The molecular weight excluding hydrogens is 328 g/mol. The summed E-state index contributed by atoms with van der Waals surface area (Å²) in [6.45, 7) is 5.53. The van der Waals surface area contributed by atoms with Crippen LogP contribution in [0.15, 0.2) is 30.3 Å². The van der Waals surface area contributed by atoms with Gasteiger partial charge < -0.3 is 15.5 Å². The van der Waals surface area contributed by atoms with Crippen LogP contribution in [0.25, 0.3) is 0 Å². The van der Waals surface area contributed by atoms with Crippen LogP contribution in [0.5, 0.6) is 0 Å². The van der Waals surface area contributed by atoms with E-state index in [1.807, 2.05) is 35.2 Å². The number of anilines is 1. The van der Waals surface area contributed by atoms with Gasteiger partial charge in [0.05, 0.1) is 6.54 Å². The number of amides is 2. The fourth-order valence-corrected chi connectivity index (χ4v) is 3.74. The van der Waals surface area contributed by atoms with Crippen LogP contribution < -0.4 is 10.6 Å². The van der Waals surface area contributed by atoms with E-state index in [0.29, 0.717) is 18.9 Å². The van der Waals surface area contributed by atoms with Gasteiger partial charge in [-0.1, -0.05) is 18.2 Å². The van der Waals surface area contributed by atoms with Crippen molar-refractivity contribution >= 4 is 17.5 Å². The first-order valence-electron chi connectivity index (χ1n) is 9.76. The van der Waals surface area contributed by atoms with Crippen molar-refractivity contribution in [1.29, 1.82) is 0 Å². The predicted octanol–water partition coefficient (Wildman–Crippen LogP) is 1.55. The summed E-state index contributed by atoms with van der Waals surface area (Å²) in [4.78, 5) is 28.6. The summed E-state index contributed by atoms with van der Waals surface area (Å²) >= 11 is 0. The Balaban J connectivity index is 1.34. The van der Waals surface area contributed by atoms with E-state index in [1.54, 1.807) is 0 Å². The lowest BCUT2D eigenvalue weighted by molar-refractivity contribution is -0.133. The Bertz CT molecular complexity index is 579. The van der Waals surface area contributed by atoms with Crippen LogP contribution >= 0.6 is 0 Å².